The van der Waals surface area contributed by atoms with Gasteiger partial charge in [-0.05, 0) is 63.0 Å². The Labute approximate surface area is 205 Å². The van der Waals surface area contributed by atoms with Gasteiger partial charge in [0.05, 0.1) is 11.9 Å². The van der Waals surface area contributed by atoms with Crippen molar-refractivity contribution in [3.8, 4) is 0 Å². The van der Waals surface area contributed by atoms with Crippen LogP contribution in [0.4, 0.5) is 15.3 Å². The fourth-order valence-corrected chi connectivity index (χ4v) is 5.62. The number of piperidine rings is 1. The predicted octanol–water partition coefficient (Wildman–Crippen LogP) is 4.42. The lowest BCUT2D eigenvalue weighted by atomic mass is 9.85. The number of hydrogen-bond acceptors (Lipinski definition) is 5. The summed E-state index contributed by atoms with van der Waals surface area (Å²) in [7, 11) is 0. The highest BCUT2D eigenvalue weighted by atomic mass is 16.6. The maximum atomic E-state index is 12.7. The Morgan fingerprint density at radius 2 is 1.83 bits per heavy atom. The number of imide groups is 1. The summed E-state index contributed by atoms with van der Waals surface area (Å²) in [5, 5.41) is 3.47. The highest BCUT2D eigenvalue weighted by Crippen LogP contribution is 2.46. The van der Waals surface area contributed by atoms with Crippen molar-refractivity contribution in [1.29, 1.82) is 0 Å². The highest BCUT2D eigenvalue weighted by molar-refractivity contribution is 6.06. The maximum absolute atomic E-state index is 12.7. The second kappa shape index (κ2) is 8.53. The van der Waals surface area contributed by atoms with E-state index in [2.05, 4.69) is 29.9 Å². The fraction of sp³-hybridized carbons (Fsp3) is 0.615. The average molecular weight is 482 g/mol. The molecule has 2 saturated heterocycles. The molecule has 0 spiro atoms. The molecule has 4 heterocycles. The summed E-state index contributed by atoms with van der Waals surface area (Å²) in [5.41, 5.74) is 2.38. The van der Waals surface area contributed by atoms with Gasteiger partial charge in [-0.25, -0.2) is 14.6 Å². The van der Waals surface area contributed by atoms with Crippen LogP contribution in [0.25, 0.3) is 11.0 Å². The third kappa shape index (κ3) is 4.60. The Morgan fingerprint density at radius 3 is 2.43 bits per heavy atom. The van der Waals surface area contributed by atoms with Crippen molar-refractivity contribution in [1.82, 2.24) is 19.8 Å². The molecule has 4 amide bonds. The van der Waals surface area contributed by atoms with E-state index >= 15 is 0 Å². The largest absolute Gasteiger partial charge is 0.444 e. The lowest BCUT2D eigenvalue weighted by Gasteiger charge is -2.42. The Balaban J connectivity index is 1.45. The number of carbonyl (C=O) groups is 3. The molecule has 9 heteroatoms. The number of rotatable bonds is 3. The van der Waals surface area contributed by atoms with E-state index in [4.69, 9.17) is 9.72 Å². The van der Waals surface area contributed by atoms with Gasteiger partial charge in [-0.1, -0.05) is 13.8 Å². The molecule has 1 aliphatic carbocycles. The molecule has 1 saturated carbocycles. The third-order valence-corrected chi connectivity index (χ3v) is 7.22. The zero-order valence-corrected chi connectivity index (χ0v) is 21.2. The monoisotopic (exact) mass is 481 g/mol. The van der Waals surface area contributed by atoms with E-state index in [1.165, 1.54) is 5.56 Å². The van der Waals surface area contributed by atoms with Crippen LogP contribution >= 0.6 is 0 Å². The van der Waals surface area contributed by atoms with Gasteiger partial charge in [0.1, 0.15) is 11.2 Å². The van der Waals surface area contributed by atoms with E-state index in [-0.39, 0.29) is 36.3 Å². The summed E-state index contributed by atoms with van der Waals surface area (Å²) >= 11 is 0. The first kappa shape index (κ1) is 23.6. The van der Waals surface area contributed by atoms with Gasteiger partial charge in [0.15, 0.2) is 0 Å². The minimum atomic E-state index is -0.517. The van der Waals surface area contributed by atoms with Crippen LogP contribution in [0, 0.1) is 11.8 Å². The van der Waals surface area contributed by atoms with Gasteiger partial charge in [0.25, 0.3) is 0 Å². The number of carbonyl (C=O) groups excluding carboxylic acids is 3. The molecule has 2 aromatic heterocycles. The van der Waals surface area contributed by atoms with Crippen LogP contribution in [0.2, 0.25) is 0 Å². The summed E-state index contributed by atoms with van der Waals surface area (Å²) < 4.78 is 7.92. The zero-order valence-electron chi connectivity index (χ0n) is 21.2. The van der Waals surface area contributed by atoms with E-state index in [1.807, 2.05) is 31.7 Å². The summed E-state index contributed by atoms with van der Waals surface area (Å²) in [6.07, 6.45) is 6.32. The lowest BCUT2D eigenvalue weighted by molar-refractivity contribution is -0.120. The first-order chi connectivity index (χ1) is 16.5. The van der Waals surface area contributed by atoms with Crippen LogP contribution in [0.15, 0.2) is 18.5 Å². The summed E-state index contributed by atoms with van der Waals surface area (Å²) in [6.45, 7) is 11.6. The maximum Gasteiger partial charge on any atom is 0.410 e. The average Bonchev–Trinajstić information content (AvgIpc) is 3.54. The van der Waals surface area contributed by atoms with E-state index in [9.17, 15) is 14.4 Å². The number of likely N-dealkylation sites (tertiary alicyclic amines) is 1. The molecule has 3 fully saturated rings. The fourth-order valence-electron chi connectivity index (χ4n) is 5.62. The molecular formula is C26H35N5O4. The van der Waals surface area contributed by atoms with Crippen molar-refractivity contribution in [3.63, 3.8) is 0 Å². The van der Waals surface area contributed by atoms with Crippen molar-refractivity contribution in [2.24, 2.45) is 11.8 Å². The molecule has 2 aliphatic heterocycles. The summed E-state index contributed by atoms with van der Waals surface area (Å²) in [4.78, 5) is 45.0. The Hall–Kier alpha value is -3.10. The van der Waals surface area contributed by atoms with Gasteiger partial charge in [0, 0.05) is 43.7 Å². The first-order valence-electron chi connectivity index (χ1n) is 12.6. The summed E-state index contributed by atoms with van der Waals surface area (Å²) in [5.74, 6) is 0.703. The Kier molecular flexibility index (Phi) is 5.76. The standard InChI is InChI=1S/C26H35N5O4/c1-15-12-29(25(34)35-26(3,4)5)13-16(2)22(15)31-14-20(17-6-7-17)19-10-18(11-27-23(19)31)30-9-8-21(32)28-24(30)33/h10-11,14-17,22H,6-9,12-13H2,1-5H3,(H,28,32,33). The molecule has 2 unspecified atom stereocenters. The van der Waals surface area contributed by atoms with Gasteiger partial charge in [-0.15, -0.1) is 0 Å². The van der Waals surface area contributed by atoms with Crippen molar-refractivity contribution in [3.05, 3.63) is 24.0 Å². The van der Waals surface area contributed by atoms with Crippen molar-refractivity contribution < 1.29 is 19.1 Å². The minimum absolute atomic E-state index is 0.193. The van der Waals surface area contributed by atoms with E-state index in [0.29, 0.717) is 31.2 Å². The Bertz CT molecular complexity index is 1170. The van der Waals surface area contributed by atoms with Gasteiger partial charge < -0.3 is 14.2 Å². The van der Waals surface area contributed by atoms with E-state index < -0.39 is 11.6 Å². The van der Waals surface area contributed by atoms with Gasteiger partial charge in [0.2, 0.25) is 5.91 Å². The molecule has 188 valence electrons. The molecule has 2 atom stereocenters. The van der Waals surface area contributed by atoms with Crippen molar-refractivity contribution >= 4 is 34.8 Å². The number of fused-ring (bicyclic) bond motifs is 1. The molecule has 35 heavy (non-hydrogen) atoms. The molecule has 0 bridgehead atoms. The SMILES string of the molecule is CC1CN(C(=O)OC(C)(C)C)CC(C)C1n1cc(C2CC2)c2cc(N3CCC(=O)NC3=O)cnc21. The minimum Gasteiger partial charge on any atom is -0.444 e. The van der Waals surface area contributed by atoms with Crippen LogP contribution in [0.3, 0.4) is 0 Å². The molecule has 5 rings (SSSR count). The summed E-state index contributed by atoms with van der Waals surface area (Å²) in [6, 6.07) is 1.84. The molecule has 9 nitrogen and oxygen atoms in total. The van der Waals surface area contributed by atoms with Gasteiger partial charge in [-0.2, -0.15) is 0 Å². The van der Waals surface area contributed by atoms with Crippen LogP contribution in [0.1, 0.15) is 71.4 Å². The zero-order chi connectivity index (χ0) is 25.1. The second-order valence-corrected chi connectivity index (χ2v) is 11.4. The molecular weight excluding hydrogens is 446 g/mol. The van der Waals surface area contributed by atoms with Gasteiger partial charge in [-0.3, -0.25) is 15.0 Å². The van der Waals surface area contributed by atoms with E-state index in [0.717, 1.165) is 23.9 Å². The van der Waals surface area contributed by atoms with Crippen molar-refractivity contribution in [2.45, 2.75) is 71.4 Å². The number of nitrogens with one attached hydrogen (secondary N) is 1. The topological polar surface area (TPSA) is 96.8 Å². The van der Waals surface area contributed by atoms with Crippen LogP contribution in [0.5, 0.6) is 0 Å². The first-order valence-corrected chi connectivity index (χ1v) is 12.6. The number of ether oxygens (including phenoxy) is 1. The lowest BCUT2D eigenvalue weighted by Crippen LogP contribution is -2.49. The number of urea groups is 1. The number of hydrogen-bond donors (Lipinski definition) is 1. The molecule has 0 radical (unpaired) electrons. The number of anilines is 1. The van der Waals surface area contributed by atoms with Crippen molar-refractivity contribution in [2.75, 3.05) is 24.5 Å². The molecule has 0 aromatic carbocycles. The molecule has 3 aliphatic rings. The Morgan fingerprint density at radius 1 is 1.14 bits per heavy atom. The van der Waals surface area contributed by atoms with Crippen LogP contribution in [-0.4, -0.2) is 57.7 Å². The van der Waals surface area contributed by atoms with Gasteiger partial charge >= 0.3 is 12.1 Å². The smallest absolute Gasteiger partial charge is 0.410 e. The molecule has 1 N–H and O–H groups in total. The predicted molar refractivity (Wildman–Crippen MR) is 132 cm³/mol. The number of aromatic nitrogens is 2. The van der Waals surface area contributed by atoms with E-state index in [1.54, 1.807) is 11.1 Å². The number of nitrogens with zero attached hydrogens (tertiary/aromatic N) is 4. The normalized spacial score (nSPS) is 25.7. The quantitative estimate of drug-likeness (QED) is 0.700. The third-order valence-electron chi connectivity index (χ3n) is 7.22. The second-order valence-electron chi connectivity index (χ2n) is 11.4. The highest BCUT2D eigenvalue weighted by Gasteiger charge is 2.39. The number of amides is 4. The number of pyridine rings is 1. The van der Waals surface area contributed by atoms with Crippen LogP contribution < -0.4 is 10.2 Å². The molecule has 2 aromatic rings. The van der Waals surface area contributed by atoms with Crippen LogP contribution in [-0.2, 0) is 9.53 Å².